The second-order valence-electron chi connectivity index (χ2n) is 7.41. The van der Waals surface area contributed by atoms with Crippen LogP contribution in [0.5, 0.6) is 5.75 Å². The second kappa shape index (κ2) is 9.22. The summed E-state index contributed by atoms with van der Waals surface area (Å²) < 4.78 is 7.79. The van der Waals surface area contributed by atoms with Crippen LogP contribution in [-0.2, 0) is 18.4 Å². The van der Waals surface area contributed by atoms with E-state index in [0.717, 1.165) is 33.3 Å². The molecule has 1 N–H and O–H groups in total. The van der Waals surface area contributed by atoms with Gasteiger partial charge in [0, 0.05) is 12.7 Å². The van der Waals surface area contributed by atoms with Gasteiger partial charge in [-0.3, -0.25) is 4.79 Å². The van der Waals surface area contributed by atoms with Crippen molar-refractivity contribution in [2.24, 2.45) is 7.05 Å². The van der Waals surface area contributed by atoms with Gasteiger partial charge >= 0.3 is 0 Å². The summed E-state index contributed by atoms with van der Waals surface area (Å²) in [6.07, 6.45) is 0. The zero-order valence-corrected chi connectivity index (χ0v) is 18.6. The minimum Gasteiger partial charge on any atom is -0.485 e. The Bertz CT molecular complexity index is 1240. The molecule has 0 saturated carbocycles. The van der Waals surface area contributed by atoms with E-state index < -0.39 is 0 Å². The number of carbonyl (C=O) groups excluding carboxylic acids is 1. The van der Waals surface area contributed by atoms with Crippen LogP contribution >= 0.6 is 11.8 Å². The molecule has 6 nitrogen and oxygen atoms in total. The highest BCUT2D eigenvalue weighted by Crippen LogP contribution is 2.22. The van der Waals surface area contributed by atoms with E-state index >= 15 is 0 Å². The van der Waals surface area contributed by atoms with Gasteiger partial charge in [-0.2, -0.15) is 0 Å². The van der Waals surface area contributed by atoms with Gasteiger partial charge in [-0.1, -0.05) is 54.2 Å². The van der Waals surface area contributed by atoms with Crippen LogP contribution in [0.1, 0.15) is 17.0 Å². The lowest BCUT2D eigenvalue weighted by molar-refractivity contribution is -0.113. The maximum atomic E-state index is 12.4. The number of rotatable bonds is 7. The Balaban J connectivity index is 1.33. The molecule has 1 heterocycles. The molecule has 31 heavy (non-hydrogen) atoms. The van der Waals surface area contributed by atoms with Gasteiger partial charge in [-0.25, -0.2) is 0 Å². The highest BCUT2D eigenvalue weighted by atomic mass is 32.2. The predicted octanol–water partition coefficient (Wildman–Crippen LogP) is 4.89. The molecule has 4 aromatic rings. The first-order valence-corrected chi connectivity index (χ1v) is 11.0. The molecule has 0 bridgehead atoms. The van der Waals surface area contributed by atoms with Gasteiger partial charge in [0.05, 0.1) is 5.75 Å². The summed E-state index contributed by atoms with van der Waals surface area (Å²) in [5, 5.41) is 14.3. The minimum atomic E-state index is -0.0866. The lowest BCUT2D eigenvalue weighted by Crippen LogP contribution is -2.14. The minimum absolute atomic E-state index is 0.0866. The number of fused-ring (bicyclic) bond motifs is 1. The Morgan fingerprint density at radius 2 is 1.84 bits per heavy atom. The Hall–Kier alpha value is -3.32. The standard InChI is InChI=1S/C24H24N4O2S/c1-16-8-9-17(2)21(12-16)30-14-22-26-27-24(28(22)3)31-15-23(29)25-20-11-10-18-6-4-5-7-19(18)13-20/h4-13H,14-15H2,1-3H3,(H,25,29). The van der Waals surface area contributed by atoms with Crippen molar-refractivity contribution < 1.29 is 9.53 Å². The number of nitrogens with zero attached hydrogens (tertiary/aromatic N) is 3. The van der Waals surface area contributed by atoms with Crippen LogP contribution < -0.4 is 10.1 Å². The van der Waals surface area contributed by atoms with Crippen molar-refractivity contribution in [2.45, 2.75) is 25.6 Å². The first-order valence-electron chi connectivity index (χ1n) is 9.99. The van der Waals surface area contributed by atoms with E-state index in [1.165, 1.54) is 11.8 Å². The first kappa shape index (κ1) is 20.9. The van der Waals surface area contributed by atoms with Crippen molar-refractivity contribution in [3.8, 4) is 5.75 Å². The number of ether oxygens (including phenoxy) is 1. The van der Waals surface area contributed by atoms with E-state index in [2.05, 4.69) is 21.6 Å². The predicted molar refractivity (Wildman–Crippen MR) is 125 cm³/mol. The number of hydrogen-bond acceptors (Lipinski definition) is 5. The van der Waals surface area contributed by atoms with Crippen LogP contribution in [0.3, 0.4) is 0 Å². The average molecular weight is 433 g/mol. The number of hydrogen-bond donors (Lipinski definition) is 1. The summed E-state index contributed by atoms with van der Waals surface area (Å²) in [4.78, 5) is 12.4. The summed E-state index contributed by atoms with van der Waals surface area (Å²) in [5.74, 6) is 1.71. The molecule has 0 aliphatic rings. The van der Waals surface area contributed by atoms with Crippen LogP contribution in [0.25, 0.3) is 10.8 Å². The normalized spacial score (nSPS) is 10.9. The molecule has 3 aromatic carbocycles. The fourth-order valence-electron chi connectivity index (χ4n) is 3.20. The fraction of sp³-hybridized carbons (Fsp3) is 0.208. The van der Waals surface area contributed by atoms with Crippen LogP contribution in [0.2, 0.25) is 0 Å². The third-order valence-corrected chi connectivity index (χ3v) is 6.01. The molecule has 0 radical (unpaired) electrons. The van der Waals surface area contributed by atoms with Crippen LogP contribution in [-0.4, -0.2) is 26.4 Å². The molecular weight excluding hydrogens is 408 g/mol. The van der Waals surface area contributed by atoms with Crippen molar-refractivity contribution in [1.82, 2.24) is 14.8 Å². The molecule has 0 spiro atoms. The smallest absolute Gasteiger partial charge is 0.234 e. The monoisotopic (exact) mass is 432 g/mol. The fourth-order valence-corrected chi connectivity index (χ4v) is 3.93. The molecule has 4 rings (SSSR count). The third kappa shape index (κ3) is 5.06. The summed E-state index contributed by atoms with van der Waals surface area (Å²) in [5.41, 5.74) is 3.00. The average Bonchev–Trinajstić information content (AvgIpc) is 3.12. The van der Waals surface area contributed by atoms with Gasteiger partial charge in [0.2, 0.25) is 5.91 Å². The van der Waals surface area contributed by atoms with Crippen molar-refractivity contribution >= 4 is 34.1 Å². The number of thioether (sulfide) groups is 1. The maximum Gasteiger partial charge on any atom is 0.234 e. The van der Waals surface area contributed by atoms with Gasteiger partial charge < -0.3 is 14.6 Å². The van der Waals surface area contributed by atoms with Gasteiger partial charge in [0.1, 0.15) is 12.4 Å². The number of amides is 1. The Labute approximate surface area is 185 Å². The lowest BCUT2D eigenvalue weighted by Gasteiger charge is -2.10. The van der Waals surface area contributed by atoms with E-state index in [0.29, 0.717) is 17.6 Å². The summed E-state index contributed by atoms with van der Waals surface area (Å²) >= 11 is 1.35. The summed E-state index contributed by atoms with van der Waals surface area (Å²) in [6, 6.07) is 20.1. The number of carbonyl (C=O) groups is 1. The number of nitrogens with one attached hydrogen (secondary N) is 1. The zero-order valence-electron chi connectivity index (χ0n) is 17.8. The molecule has 1 aromatic heterocycles. The van der Waals surface area contributed by atoms with Crippen LogP contribution in [0.15, 0.2) is 65.8 Å². The van der Waals surface area contributed by atoms with Crippen molar-refractivity contribution in [1.29, 1.82) is 0 Å². The molecule has 0 aliphatic carbocycles. The van der Waals surface area contributed by atoms with Crippen molar-refractivity contribution in [2.75, 3.05) is 11.1 Å². The highest BCUT2D eigenvalue weighted by molar-refractivity contribution is 7.99. The van der Waals surface area contributed by atoms with E-state index in [1.54, 1.807) is 0 Å². The number of anilines is 1. The molecule has 1 amide bonds. The molecule has 0 saturated heterocycles. The van der Waals surface area contributed by atoms with E-state index in [9.17, 15) is 4.79 Å². The van der Waals surface area contributed by atoms with Crippen molar-refractivity contribution in [3.63, 3.8) is 0 Å². The molecule has 0 aliphatic heterocycles. The summed E-state index contributed by atoms with van der Waals surface area (Å²) in [6.45, 7) is 4.37. The summed E-state index contributed by atoms with van der Waals surface area (Å²) in [7, 11) is 1.88. The van der Waals surface area contributed by atoms with Gasteiger partial charge in [0.15, 0.2) is 11.0 Å². The van der Waals surface area contributed by atoms with Crippen LogP contribution in [0, 0.1) is 13.8 Å². The molecule has 158 valence electrons. The van der Waals surface area contributed by atoms with Gasteiger partial charge in [-0.05, 0) is 53.9 Å². The Kier molecular flexibility index (Phi) is 6.23. The first-order chi connectivity index (χ1) is 15.0. The zero-order chi connectivity index (χ0) is 21.8. The third-order valence-electron chi connectivity index (χ3n) is 4.99. The number of aryl methyl sites for hydroxylation is 2. The van der Waals surface area contributed by atoms with Crippen molar-refractivity contribution in [3.05, 3.63) is 77.6 Å². The van der Waals surface area contributed by atoms with Gasteiger partial charge in [0.25, 0.3) is 0 Å². The number of aromatic nitrogens is 3. The van der Waals surface area contributed by atoms with Gasteiger partial charge in [-0.15, -0.1) is 10.2 Å². The maximum absolute atomic E-state index is 12.4. The van der Waals surface area contributed by atoms with Crippen LogP contribution in [0.4, 0.5) is 5.69 Å². The lowest BCUT2D eigenvalue weighted by atomic mass is 10.1. The van der Waals surface area contributed by atoms with E-state index in [1.807, 2.05) is 80.1 Å². The molecule has 0 unspecified atom stereocenters. The molecular formula is C24H24N4O2S. The quantitative estimate of drug-likeness (QED) is 0.421. The van der Waals surface area contributed by atoms with E-state index in [4.69, 9.17) is 4.74 Å². The Morgan fingerprint density at radius 1 is 1.03 bits per heavy atom. The topological polar surface area (TPSA) is 69.0 Å². The second-order valence-corrected chi connectivity index (χ2v) is 8.36. The molecule has 0 atom stereocenters. The highest BCUT2D eigenvalue weighted by Gasteiger charge is 2.13. The molecule has 7 heteroatoms. The largest absolute Gasteiger partial charge is 0.485 e. The molecule has 0 fully saturated rings. The number of benzene rings is 3. The Morgan fingerprint density at radius 3 is 2.68 bits per heavy atom. The SMILES string of the molecule is Cc1ccc(C)c(OCc2nnc(SCC(=O)Nc3ccc4ccccc4c3)n2C)c1. The van der Waals surface area contributed by atoms with E-state index in [-0.39, 0.29) is 11.7 Å².